The molecule has 1 heterocycles. The maximum atomic E-state index is 12.3. The molecule has 0 saturated heterocycles. The van der Waals surface area contributed by atoms with Gasteiger partial charge in [0.05, 0.1) is 0 Å². The second-order valence-corrected chi connectivity index (χ2v) is 7.40. The van der Waals surface area contributed by atoms with E-state index in [-0.39, 0.29) is 29.1 Å². The lowest BCUT2D eigenvalue weighted by Gasteiger charge is -2.08. The number of aromatic amines is 1. The van der Waals surface area contributed by atoms with E-state index in [1.54, 1.807) is 38.1 Å². The van der Waals surface area contributed by atoms with Crippen molar-refractivity contribution >= 4 is 29.1 Å². The van der Waals surface area contributed by atoms with Gasteiger partial charge in [0.15, 0.2) is 18.2 Å². The summed E-state index contributed by atoms with van der Waals surface area (Å²) in [6, 6.07) is 6.40. The number of esters is 1. The maximum absolute atomic E-state index is 12.3. The van der Waals surface area contributed by atoms with Gasteiger partial charge in [0.2, 0.25) is 5.91 Å². The molecule has 0 fully saturated rings. The highest BCUT2D eigenvalue weighted by molar-refractivity contribution is 6.02. The Morgan fingerprint density at radius 2 is 1.69 bits per heavy atom. The number of ketones is 2. The summed E-state index contributed by atoms with van der Waals surface area (Å²) in [6.45, 7) is 8.28. The fourth-order valence-corrected chi connectivity index (χ4v) is 3.09. The van der Waals surface area contributed by atoms with Crippen LogP contribution in [0.25, 0.3) is 0 Å². The summed E-state index contributed by atoms with van der Waals surface area (Å²) in [5, 5.41) is 2.77. The molecule has 7 heteroatoms. The van der Waals surface area contributed by atoms with Gasteiger partial charge in [-0.25, -0.2) is 4.79 Å². The highest BCUT2D eigenvalue weighted by atomic mass is 16.5. The van der Waals surface area contributed by atoms with Gasteiger partial charge in [-0.15, -0.1) is 0 Å². The molecule has 0 aliphatic rings. The molecule has 154 valence electrons. The number of rotatable bonds is 8. The summed E-state index contributed by atoms with van der Waals surface area (Å²) in [5.74, 6) is -1.04. The van der Waals surface area contributed by atoms with Crippen molar-refractivity contribution in [3.05, 3.63) is 52.3 Å². The summed E-state index contributed by atoms with van der Waals surface area (Å²) in [4.78, 5) is 50.9. The monoisotopic (exact) mass is 398 g/mol. The Morgan fingerprint density at radius 1 is 1.07 bits per heavy atom. The van der Waals surface area contributed by atoms with Crippen LogP contribution in [0, 0.1) is 19.8 Å². The maximum Gasteiger partial charge on any atom is 0.355 e. The van der Waals surface area contributed by atoms with Gasteiger partial charge in [-0.1, -0.05) is 13.8 Å². The van der Waals surface area contributed by atoms with Crippen molar-refractivity contribution in [1.82, 2.24) is 4.98 Å². The van der Waals surface area contributed by atoms with E-state index in [0.29, 0.717) is 34.5 Å². The number of anilines is 1. The number of carbonyl (C=O) groups is 4. The summed E-state index contributed by atoms with van der Waals surface area (Å²) in [6.07, 6.45) is 0.416. The molecule has 29 heavy (non-hydrogen) atoms. The Morgan fingerprint density at radius 3 is 2.21 bits per heavy atom. The first-order chi connectivity index (χ1) is 13.6. The zero-order valence-corrected chi connectivity index (χ0v) is 17.3. The summed E-state index contributed by atoms with van der Waals surface area (Å²) in [5.41, 5.74) is 2.68. The standard InChI is InChI=1S/C22H26N2O5/c1-12(2)10-19(27)24-17-8-6-16(7-9-17)18(26)11-29-22(28)21-13(3)20(15(5)25)14(4)23-21/h6-9,12,23H,10-11H2,1-5H3,(H,24,27). The number of nitrogens with one attached hydrogen (secondary N) is 2. The molecule has 0 bridgehead atoms. The molecular weight excluding hydrogens is 372 g/mol. The Kier molecular flexibility index (Phi) is 7.09. The van der Waals surface area contributed by atoms with Crippen LogP contribution in [0.15, 0.2) is 24.3 Å². The van der Waals surface area contributed by atoms with Crippen LogP contribution < -0.4 is 5.32 Å². The topological polar surface area (TPSA) is 105 Å². The predicted octanol–water partition coefficient (Wildman–Crippen LogP) is 3.86. The Balaban J connectivity index is 1.97. The minimum absolute atomic E-state index is 0.0884. The van der Waals surface area contributed by atoms with E-state index >= 15 is 0 Å². The molecule has 2 aromatic rings. The van der Waals surface area contributed by atoms with Gasteiger partial charge in [-0.05, 0) is 56.5 Å². The van der Waals surface area contributed by atoms with Crippen molar-refractivity contribution in [2.75, 3.05) is 11.9 Å². The van der Waals surface area contributed by atoms with Gasteiger partial charge < -0.3 is 15.0 Å². The van der Waals surface area contributed by atoms with Crippen molar-refractivity contribution in [2.24, 2.45) is 5.92 Å². The molecule has 0 radical (unpaired) electrons. The smallest absolute Gasteiger partial charge is 0.355 e. The van der Waals surface area contributed by atoms with E-state index in [2.05, 4.69) is 10.3 Å². The third kappa shape index (κ3) is 5.63. The van der Waals surface area contributed by atoms with E-state index in [9.17, 15) is 19.2 Å². The molecule has 2 N–H and O–H groups in total. The van der Waals surface area contributed by atoms with Crippen LogP contribution >= 0.6 is 0 Å². The van der Waals surface area contributed by atoms with Crippen molar-refractivity contribution in [1.29, 1.82) is 0 Å². The second kappa shape index (κ2) is 9.32. The fourth-order valence-electron chi connectivity index (χ4n) is 3.09. The molecule has 0 saturated carbocycles. The SMILES string of the molecule is CC(=O)c1c(C)[nH]c(C(=O)OCC(=O)c2ccc(NC(=O)CC(C)C)cc2)c1C. The van der Waals surface area contributed by atoms with Crippen molar-refractivity contribution in [3.8, 4) is 0 Å². The third-order valence-electron chi connectivity index (χ3n) is 4.41. The van der Waals surface area contributed by atoms with Crippen LogP contribution in [0.1, 0.15) is 69.7 Å². The number of hydrogen-bond acceptors (Lipinski definition) is 5. The van der Waals surface area contributed by atoms with E-state index in [1.165, 1.54) is 6.92 Å². The number of aryl methyl sites for hydroxylation is 1. The number of ether oxygens (including phenoxy) is 1. The van der Waals surface area contributed by atoms with Gasteiger partial charge in [0.25, 0.3) is 0 Å². The minimum Gasteiger partial charge on any atom is -0.453 e. The van der Waals surface area contributed by atoms with Crippen molar-refractivity contribution < 1.29 is 23.9 Å². The van der Waals surface area contributed by atoms with Crippen molar-refractivity contribution in [3.63, 3.8) is 0 Å². The molecule has 0 unspecified atom stereocenters. The average Bonchev–Trinajstić information content (AvgIpc) is 2.93. The van der Waals surface area contributed by atoms with E-state index in [0.717, 1.165) is 0 Å². The Labute approximate surface area is 169 Å². The first kappa shape index (κ1) is 22.1. The van der Waals surface area contributed by atoms with Crippen molar-refractivity contribution in [2.45, 2.75) is 41.0 Å². The van der Waals surface area contributed by atoms with Gasteiger partial charge >= 0.3 is 5.97 Å². The van der Waals surface area contributed by atoms with Crippen LogP contribution in [0.5, 0.6) is 0 Å². The zero-order valence-electron chi connectivity index (χ0n) is 17.3. The normalized spacial score (nSPS) is 10.7. The number of H-pyrrole nitrogens is 1. The molecule has 1 amide bonds. The van der Waals surface area contributed by atoms with Gasteiger partial charge in [-0.2, -0.15) is 0 Å². The molecule has 1 aromatic carbocycles. The van der Waals surface area contributed by atoms with Crippen LogP contribution in [-0.4, -0.2) is 35.0 Å². The van der Waals surface area contributed by atoms with Crippen LogP contribution in [0.2, 0.25) is 0 Å². The van der Waals surface area contributed by atoms with Gasteiger partial charge in [0, 0.05) is 28.9 Å². The molecule has 0 aliphatic carbocycles. The molecular formula is C22H26N2O5. The lowest BCUT2D eigenvalue weighted by atomic mass is 10.1. The summed E-state index contributed by atoms with van der Waals surface area (Å²) in [7, 11) is 0. The highest BCUT2D eigenvalue weighted by Gasteiger charge is 2.21. The molecule has 1 aromatic heterocycles. The molecule has 7 nitrogen and oxygen atoms in total. The predicted molar refractivity (Wildman–Crippen MR) is 109 cm³/mol. The Hall–Kier alpha value is -3.22. The number of benzene rings is 1. The van der Waals surface area contributed by atoms with E-state index in [4.69, 9.17) is 4.74 Å². The lowest BCUT2D eigenvalue weighted by Crippen LogP contribution is -2.16. The average molecular weight is 398 g/mol. The third-order valence-corrected chi connectivity index (χ3v) is 4.41. The number of Topliss-reactive ketones (excluding diaryl/α,β-unsaturated/α-hetero) is 2. The Bertz CT molecular complexity index is 939. The van der Waals surface area contributed by atoms with Crippen LogP contribution in [-0.2, 0) is 9.53 Å². The number of hydrogen-bond donors (Lipinski definition) is 2. The second-order valence-electron chi connectivity index (χ2n) is 7.40. The first-order valence-electron chi connectivity index (χ1n) is 9.40. The fraction of sp³-hybridized carbons (Fsp3) is 0.364. The van der Waals surface area contributed by atoms with Gasteiger partial charge in [0.1, 0.15) is 5.69 Å². The molecule has 0 spiro atoms. The van der Waals surface area contributed by atoms with E-state index < -0.39 is 12.6 Å². The van der Waals surface area contributed by atoms with Crippen LogP contribution in [0.4, 0.5) is 5.69 Å². The minimum atomic E-state index is -0.691. The lowest BCUT2D eigenvalue weighted by molar-refractivity contribution is -0.116. The molecule has 0 atom stereocenters. The summed E-state index contributed by atoms with van der Waals surface area (Å²) < 4.78 is 5.11. The molecule has 2 rings (SSSR count). The van der Waals surface area contributed by atoms with E-state index in [1.807, 2.05) is 13.8 Å². The van der Waals surface area contributed by atoms with Crippen LogP contribution in [0.3, 0.4) is 0 Å². The molecule has 0 aliphatic heterocycles. The first-order valence-corrected chi connectivity index (χ1v) is 9.40. The summed E-state index contributed by atoms with van der Waals surface area (Å²) >= 11 is 0. The largest absolute Gasteiger partial charge is 0.453 e. The number of carbonyl (C=O) groups excluding carboxylic acids is 4. The quantitative estimate of drug-likeness (QED) is 0.519. The highest BCUT2D eigenvalue weighted by Crippen LogP contribution is 2.19. The zero-order chi connectivity index (χ0) is 21.7. The van der Waals surface area contributed by atoms with Gasteiger partial charge in [-0.3, -0.25) is 14.4 Å². The number of aromatic nitrogens is 1. The number of amides is 1.